The van der Waals surface area contributed by atoms with Crippen molar-refractivity contribution < 1.29 is 17.9 Å². The lowest BCUT2D eigenvalue weighted by atomic mass is 10.0. The van der Waals surface area contributed by atoms with Gasteiger partial charge < -0.3 is 9.64 Å². The number of thioether (sulfide) groups is 1. The van der Waals surface area contributed by atoms with E-state index in [1.54, 1.807) is 11.8 Å². The summed E-state index contributed by atoms with van der Waals surface area (Å²) >= 11 is 1.83. The van der Waals surface area contributed by atoms with Gasteiger partial charge in [-0.1, -0.05) is 0 Å². The molecule has 0 radical (unpaired) electrons. The highest BCUT2D eigenvalue weighted by Gasteiger charge is 2.44. The molecular formula is C11H20N2O4S2. The summed E-state index contributed by atoms with van der Waals surface area (Å²) in [5, 5.41) is 0. The van der Waals surface area contributed by atoms with Crippen molar-refractivity contribution in [2.45, 2.75) is 12.5 Å². The highest BCUT2D eigenvalue weighted by Crippen LogP contribution is 2.23. The van der Waals surface area contributed by atoms with Crippen LogP contribution in [-0.2, 0) is 19.6 Å². The SMILES string of the molecule is C[C@]1(C(=O)N2CCSCC2)CN(S(C)(=O)=O)CCO1. The lowest BCUT2D eigenvalue weighted by Crippen LogP contribution is -2.60. The molecule has 2 rings (SSSR count). The predicted octanol–water partition coefficient (Wildman–Crippen LogP) is -0.388. The Labute approximate surface area is 118 Å². The number of amides is 1. The summed E-state index contributed by atoms with van der Waals surface area (Å²) < 4.78 is 30.2. The topological polar surface area (TPSA) is 66.9 Å². The van der Waals surface area contributed by atoms with Gasteiger partial charge in [0.25, 0.3) is 5.91 Å². The van der Waals surface area contributed by atoms with Gasteiger partial charge in [0.1, 0.15) is 0 Å². The van der Waals surface area contributed by atoms with Crippen molar-refractivity contribution in [1.29, 1.82) is 0 Å². The van der Waals surface area contributed by atoms with Crippen LogP contribution >= 0.6 is 11.8 Å². The molecule has 19 heavy (non-hydrogen) atoms. The fourth-order valence-electron chi connectivity index (χ4n) is 2.35. The molecule has 2 aliphatic heterocycles. The molecule has 0 N–H and O–H groups in total. The zero-order valence-electron chi connectivity index (χ0n) is 11.3. The van der Waals surface area contributed by atoms with Gasteiger partial charge in [0.15, 0.2) is 5.60 Å². The molecule has 0 saturated carbocycles. The maximum Gasteiger partial charge on any atom is 0.255 e. The number of hydrogen-bond acceptors (Lipinski definition) is 5. The zero-order chi connectivity index (χ0) is 14.1. The number of hydrogen-bond donors (Lipinski definition) is 0. The van der Waals surface area contributed by atoms with Gasteiger partial charge in [-0.3, -0.25) is 4.79 Å². The van der Waals surface area contributed by atoms with Crippen molar-refractivity contribution in [3.63, 3.8) is 0 Å². The highest BCUT2D eigenvalue weighted by molar-refractivity contribution is 7.99. The van der Waals surface area contributed by atoms with Crippen molar-refractivity contribution in [2.75, 3.05) is 50.5 Å². The van der Waals surface area contributed by atoms with Crippen LogP contribution in [0.1, 0.15) is 6.92 Å². The number of rotatable bonds is 2. The predicted molar refractivity (Wildman–Crippen MR) is 74.7 cm³/mol. The number of nitrogens with zero attached hydrogens (tertiary/aromatic N) is 2. The molecule has 2 aliphatic rings. The van der Waals surface area contributed by atoms with E-state index in [0.29, 0.717) is 19.6 Å². The lowest BCUT2D eigenvalue weighted by molar-refractivity contribution is -0.163. The third-order valence-electron chi connectivity index (χ3n) is 3.46. The minimum Gasteiger partial charge on any atom is -0.363 e. The molecule has 0 spiro atoms. The van der Waals surface area contributed by atoms with Crippen LogP contribution in [0.15, 0.2) is 0 Å². The van der Waals surface area contributed by atoms with Crippen molar-refractivity contribution in [3.05, 3.63) is 0 Å². The summed E-state index contributed by atoms with van der Waals surface area (Å²) in [6.45, 7) is 3.79. The first-order valence-electron chi connectivity index (χ1n) is 6.29. The van der Waals surface area contributed by atoms with Crippen molar-refractivity contribution in [1.82, 2.24) is 9.21 Å². The van der Waals surface area contributed by atoms with Crippen molar-refractivity contribution >= 4 is 27.7 Å². The average Bonchev–Trinajstić information content (AvgIpc) is 2.38. The fourth-order valence-corrected chi connectivity index (χ4v) is 4.14. The third-order valence-corrected chi connectivity index (χ3v) is 5.65. The van der Waals surface area contributed by atoms with E-state index < -0.39 is 15.6 Å². The van der Waals surface area contributed by atoms with Gasteiger partial charge in [0.05, 0.1) is 19.4 Å². The minimum atomic E-state index is -3.28. The van der Waals surface area contributed by atoms with Gasteiger partial charge in [-0.2, -0.15) is 16.1 Å². The Morgan fingerprint density at radius 3 is 2.47 bits per heavy atom. The maximum absolute atomic E-state index is 12.5. The van der Waals surface area contributed by atoms with Crippen LogP contribution in [0.2, 0.25) is 0 Å². The van der Waals surface area contributed by atoms with E-state index >= 15 is 0 Å². The largest absolute Gasteiger partial charge is 0.363 e. The molecule has 0 aromatic carbocycles. The number of carbonyl (C=O) groups is 1. The van der Waals surface area contributed by atoms with E-state index in [2.05, 4.69) is 0 Å². The lowest BCUT2D eigenvalue weighted by Gasteiger charge is -2.41. The smallest absolute Gasteiger partial charge is 0.255 e. The molecule has 110 valence electrons. The van der Waals surface area contributed by atoms with Crippen molar-refractivity contribution in [3.8, 4) is 0 Å². The van der Waals surface area contributed by atoms with Crippen LogP contribution in [0.4, 0.5) is 0 Å². The second kappa shape index (κ2) is 5.59. The van der Waals surface area contributed by atoms with E-state index in [4.69, 9.17) is 4.74 Å². The zero-order valence-corrected chi connectivity index (χ0v) is 12.9. The standard InChI is InChI=1S/C11H20N2O4S2/c1-11(10(14)12-4-7-18-8-5-12)9-13(3-6-17-11)19(2,15)16/h3-9H2,1-2H3/t11-/m1/s1. The Bertz CT molecular complexity index is 448. The number of morpholine rings is 1. The number of carbonyl (C=O) groups excluding carboxylic acids is 1. The first-order chi connectivity index (χ1) is 8.83. The molecule has 8 heteroatoms. The molecule has 0 bridgehead atoms. The molecule has 1 atom stereocenters. The van der Waals surface area contributed by atoms with Gasteiger partial charge in [0, 0.05) is 31.1 Å². The maximum atomic E-state index is 12.5. The molecule has 0 aromatic rings. The van der Waals surface area contributed by atoms with Crippen LogP contribution in [0.5, 0.6) is 0 Å². The first kappa shape index (κ1) is 15.1. The Hall–Kier alpha value is -0.310. The molecule has 2 fully saturated rings. The Morgan fingerprint density at radius 1 is 1.26 bits per heavy atom. The summed E-state index contributed by atoms with van der Waals surface area (Å²) in [4.78, 5) is 14.3. The summed E-state index contributed by atoms with van der Waals surface area (Å²) in [7, 11) is -3.28. The second-order valence-electron chi connectivity index (χ2n) is 5.08. The van der Waals surface area contributed by atoms with E-state index in [1.807, 2.05) is 11.8 Å². The summed E-state index contributed by atoms with van der Waals surface area (Å²) in [6.07, 6.45) is 1.17. The van der Waals surface area contributed by atoms with Gasteiger partial charge >= 0.3 is 0 Å². The van der Waals surface area contributed by atoms with Gasteiger partial charge in [0.2, 0.25) is 10.0 Å². The first-order valence-corrected chi connectivity index (χ1v) is 9.29. The molecular weight excluding hydrogens is 288 g/mol. The monoisotopic (exact) mass is 308 g/mol. The van der Waals surface area contributed by atoms with Crippen LogP contribution < -0.4 is 0 Å². The van der Waals surface area contributed by atoms with Crippen LogP contribution in [0.3, 0.4) is 0 Å². The molecule has 2 saturated heterocycles. The van der Waals surface area contributed by atoms with E-state index in [1.165, 1.54) is 10.6 Å². The van der Waals surface area contributed by atoms with E-state index in [0.717, 1.165) is 11.5 Å². The Kier molecular flexibility index (Phi) is 4.44. The van der Waals surface area contributed by atoms with Gasteiger partial charge in [-0.15, -0.1) is 0 Å². The van der Waals surface area contributed by atoms with Crippen LogP contribution in [0, 0.1) is 0 Å². The fraction of sp³-hybridized carbons (Fsp3) is 0.909. The van der Waals surface area contributed by atoms with E-state index in [-0.39, 0.29) is 19.1 Å². The van der Waals surface area contributed by atoms with Gasteiger partial charge in [-0.25, -0.2) is 8.42 Å². The summed E-state index contributed by atoms with van der Waals surface area (Å²) in [6, 6.07) is 0. The van der Waals surface area contributed by atoms with Crippen molar-refractivity contribution in [2.24, 2.45) is 0 Å². The van der Waals surface area contributed by atoms with Crippen LogP contribution in [-0.4, -0.2) is 79.7 Å². The molecule has 0 aromatic heterocycles. The van der Waals surface area contributed by atoms with Gasteiger partial charge in [-0.05, 0) is 6.92 Å². The average molecular weight is 308 g/mol. The Morgan fingerprint density at radius 2 is 1.89 bits per heavy atom. The van der Waals surface area contributed by atoms with E-state index in [9.17, 15) is 13.2 Å². The Balaban J connectivity index is 2.10. The van der Waals surface area contributed by atoms with Crippen LogP contribution in [0.25, 0.3) is 0 Å². The molecule has 1 amide bonds. The number of sulfonamides is 1. The normalized spacial score (nSPS) is 30.3. The molecule has 0 unspecified atom stereocenters. The minimum absolute atomic E-state index is 0.0962. The summed E-state index contributed by atoms with van der Waals surface area (Å²) in [5.74, 6) is 1.76. The number of ether oxygens (including phenoxy) is 1. The third kappa shape index (κ3) is 3.42. The second-order valence-corrected chi connectivity index (χ2v) is 8.29. The summed E-state index contributed by atoms with van der Waals surface area (Å²) in [5.41, 5.74) is -1.05. The molecule has 2 heterocycles. The quantitative estimate of drug-likeness (QED) is 0.695. The highest BCUT2D eigenvalue weighted by atomic mass is 32.2. The molecule has 0 aliphatic carbocycles. The molecule has 6 nitrogen and oxygen atoms in total.